The van der Waals surface area contributed by atoms with Crippen LogP contribution in [0.15, 0.2) is 59.3 Å². The Morgan fingerprint density at radius 1 is 1.08 bits per heavy atom. The van der Waals surface area contributed by atoms with Crippen molar-refractivity contribution in [1.29, 1.82) is 0 Å². The number of hydrogen-bond acceptors (Lipinski definition) is 6. The number of alkyl carbamates (subject to hydrolysis) is 1. The van der Waals surface area contributed by atoms with Crippen LogP contribution in [0.5, 0.6) is 0 Å². The molecule has 0 saturated carbocycles. The molecule has 1 unspecified atom stereocenters. The van der Waals surface area contributed by atoms with E-state index in [4.69, 9.17) is 19.1 Å². The van der Waals surface area contributed by atoms with Gasteiger partial charge in [-0.1, -0.05) is 24.3 Å². The zero-order chi connectivity index (χ0) is 25.8. The van der Waals surface area contributed by atoms with E-state index >= 15 is 0 Å². The molecule has 0 aliphatic heterocycles. The number of carbonyl (C=O) groups excluding carboxylic acids is 1. The topological polar surface area (TPSA) is 80.5 Å². The Morgan fingerprint density at radius 2 is 1.95 bits per heavy atom. The van der Waals surface area contributed by atoms with Gasteiger partial charge in [-0.2, -0.15) is 0 Å². The van der Waals surface area contributed by atoms with Gasteiger partial charge in [0.15, 0.2) is 5.58 Å². The summed E-state index contributed by atoms with van der Waals surface area (Å²) in [4.78, 5) is 24.1. The van der Waals surface area contributed by atoms with E-state index in [1.54, 1.807) is 0 Å². The van der Waals surface area contributed by atoms with Gasteiger partial charge in [0.2, 0.25) is 0 Å². The first kappa shape index (κ1) is 25.2. The monoisotopic (exact) mass is 500 g/mol. The Labute approximate surface area is 218 Å². The highest BCUT2D eigenvalue weighted by Crippen LogP contribution is 2.36. The molecule has 7 heteroatoms. The number of nitrogens with zero attached hydrogens (tertiary/aromatic N) is 3. The molecule has 7 nitrogen and oxygen atoms in total. The highest BCUT2D eigenvalue weighted by Gasteiger charge is 2.28. The lowest BCUT2D eigenvalue weighted by Crippen LogP contribution is -2.34. The van der Waals surface area contributed by atoms with Gasteiger partial charge in [-0.15, -0.1) is 0 Å². The third kappa shape index (κ3) is 5.93. The molecule has 1 atom stereocenters. The number of nitrogens with one attached hydrogen (secondary N) is 1. The predicted octanol–water partition coefficient (Wildman–Crippen LogP) is 6.56. The maximum absolute atomic E-state index is 12.0. The van der Waals surface area contributed by atoms with Gasteiger partial charge in [-0.3, -0.25) is 14.9 Å². The summed E-state index contributed by atoms with van der Waals surface area (Å²) in [5, 5.41) is 5.10. The van der Waals surface area contributed by atoms with Crippen LogP contribution >= 0.6 is 0 Å². The fourth-order valence-corrected chi connectivity index (χ4v) is 5.24. The minimum absolute atomic E-state index is 0.227. The standard InChI is InChI=1S/C30H36N4O3/c1-30(2,3)37-29(35)33-16-6-7-19-34(25-13-8-10-21-11-9-17-32-27(21)25)20-24-28-23(15-18-31-24)22-12-4-5-14-26(22)36-28/h4-5,9,11-12,14-15,17-18,25H,6-8,10,13,16,19-20H2,1-3H3,(H,33,35). The fraction of sp³-hybridized carbons (Fsp3) is 0.433. The highest BCUT2D eigenvalue weighted by molar-refractivity contribution is 6.05. The number of fused-ring (bicyclic) bond motifs is 4. The van der Waals surface area contributed by atoms with E-state index in [1.807, 2.05) is 63.5 Å². The number of para-hydroxylation sites is 1. The zero-order valence-electron chi connectivity index (χ0n) is 22.0. The molecule has 0 bridgehead atoms. The molecule has 4 aromatic rings. The summed E-state index contributed by atoms with van der Waals surface area (Å²) < 4.78 is 11.6. The Morgan fingerprint density at radius 3 is 2.81 bits per heavy atom. The molecule has 5 rings (SSSR count). The van der Waals surface area contributed by atoms with Crippen molar-refractivity contribution in [1.82, 2.24) is 20.2 Å². The van der Waals surface area contributed by atoms with E-state index in [0.29, 0.717) is 13.1 Å². The van der Waals surface area contributed by atoms with E-state index in [2.05, 4.69) is 22.3 Å². The lowest BCUT2D eigenvalue weighted by atomic mass is 9.90. The number of rotatable bonds is 8. The van der Waals surface area contributed by atoms with Crippen molar-refractivity contribution >= 4 is 28.0 Å². The quantitative estimate of drug-likeness (QED) is 0.276. The lowest BCUT2D eigenvalue weighted by Gasteiger charge is -2.35. The van der Waals surface area contributed by atoms with Gasteiger partial charge in [0.05, 0.1) is 17.4 Å². The van der Waals surface area contributed by atoms with E-state index < -0.39 is 5.60 Å². The molecule has 194 valence electrons. The molecule has 1 aliphatic rings. The normalized spacial score (nSPS) is 15.7. The second kappa shape index (κ2) is 10.9. The molecular formula is C30H36N4O3. The zero-order valence-corrected chi connectivity index (χ0v) is 22.0. The van der Waals surface area contributed by atoms with Crippen LogP contribution in [0.4, 0.5) is 4.79 Å². The minimum Gasteiger partial charge on any atom is -0.454 e. The van der Waals surface area contributed by atoms with Gasteiger partial charge in [-0.25, -0.2) is 4.79 Å². The number of pyridine rings is 2. The summed E-state index contributed by atoms with van der Waals surface area (Å²) in [5.41, 5.74) is 4.72. The first-order chi connectivity index (χ1) is 17.9. The first-order valence-corrected chi connectivity index (χ1v) is 13.3. The summed E-state index contributed by atoms with van der Waals surface area (Å²) in [5.74, 6) is 0. The number of hydrogen-bond donors (Lipinski definition) is 1. The summed E-state index contributed by atoms with van der Waals surface area (Å²) in [6.45, 7) is 7.75. The average Bonchev–Trinajstić information content (AvgIpc) is 3.26. The summed E-state index contributed by atoms with van der Waals surface area (Å²) in [7, 11) is 0. The average molecular weight is 501 g/mol. The second-order valence-electron chi connectivity index (χ2n) is 10.8. The van der Waals surface area contributed by atoms with Crippen molar-refractivity contribution in [3.05, 3.63) is 71.8 Å². The molecule has 0 spiro atoms. The SMILES string of the molecule is CC(C)(C)OC(=O)NCCCCN(Cc1nccc2c1oc1ccccc12)C1CCCc2cccnc21. The van der Waals surface area contributed by atoms with Crippen LogP contribution in [0.3, 0.4) is 0 Å². The van der Waals surface area contributed by atoms with Crippen molar-refractivity contribution in [2.45, 2.75) is 71.1 Å². The summed E-state index contributed by atoms with van der Waals surface area (Å²) >= 11 is 0. The van der Waals surface area contributed by atoms with Crippen LogP contribution in [0, 0.1) is 0 Å². The second-order valence-corrected chi connectivity index (χ2v) is 10.8. The van der Waals surface area contributed by atoms with Crippen LogP contribution in [-0.2, 0) is 17.7 Å². The molecule has 1 amide bonds. The number of aryl methyl sites for hydroxylation is 1. The van der Waals surface area contributed by atoms with Crippen LogP contribution < -0.4 is 5.32 Å². The molecule has 3 heterocycles. The molecular weight excluding hydrogens is 464 g/mol. The van der Waals surface area contributed by atoms with E-state index in [0.717, 1.165) is 66.3 Å². The highest BCUT2D eigenvalue weighted by atomic mass is 16.6. The molecule has 0 saturated heterocycles. The molecule has 1 aliphatic carbocycles. The maximum atomic E-state index is 12.0. The lowest BCUT2D eigenvalue weighted by molar-refractivity contribution is 0.0526. The number of furan rings is 1. The maximum Gasteiger partial charge on any atom is 0.407 e. The van der Waals surface area contributed by atoms with E-state index in [1.165, 1.54) is 11.3 Å². The van der Waals surface area contributed by atoms with Gasteiger partial charge in [-0.05, 0) is 83.2 Å². The van der Waals surface area contributed by atoms with Crippen molar-refractivity contribution in [3.63, 3.8) is 0 Å². The molecule has 1 N–H and O–H groups in total. The van der Waals surface area contributed by atoms with Gasteiger partial charge < -0.3 is 14.5 Å². The first-order valence-electron chi connectivity index (χ1n) is 13.3. The van der Waals surface area contributed by atoms with Crippen molar-refractivity contribution in [3.8, 4) is 0 Å². The fourth-order valence-electron chi connectivity index (χ4n) is 5.24. The number of unbranched alkanes of at least 4 members (excludes halogenated alkanes) is 1. The minimum atomic E-state index is -0.493. The predicted molar refractivity (Wildman–Crippen MR) is 145 cm³/mol. The van der Waals surface area contributed by atoms with Crippen LogP contribution in [0.1, 0.15) is 69.4 Å². The number of carbonyl (C=O) groups is 1. The number of benzene rings is 1. The molecule has 1 aromatic carbocycles. The Hall–Kier alpha value is -3.45. The molecule has 0 fully saturated rings. The van der Waals surface area contributed by atoms with Gasteiger partial charge in [0, 0.05) is 36.3 Å². The third-order valence-electron chi connectivity index (χ3n) is 6.87. The van der Waals surface area contributed by atoms with Gasteiger partial charge >= 0.3 is 6.09 Å². The van der Waals surface area contributed by atoms with Gasteiger partial charge in [0.25, 0.3) is 0 Å². The molecule has 37 heavy (non-hydrogen) atoms. The largest absolute Gasteiger partial charge is 0.454 e. The van der Waals surface area contributed by atoms with Crippen molar-refractivity contribution < 1.29 is 13.9 Å². The number of ether oxygens (including phenoxy) is 1. The smallest absolute Gasteiger partial charge is 0.407 e. The van der Waals surface area contributed by atoms with Crippen molar-refractivity contribution in [2.75, 3.05) is 13.1 Å². The number of amides is 1. The Balaban J connectivity index is 1.34. The Bertz CT molecular complexity index is 1370. The van der Waals surface area contributed by atoms with Crippen LogP contribution in [0.2, 0.25) is 0 Å². The van der Waals surface area contributed by atoms with E-state index in [9.17, 15) is 4.79 Å². The molecule has 3 aromatic heterocycles. The van der Waals surface area contributed by atoms with Crippen molar-refractivity contribution in [2.24, 2.45) is 0 Å². The van der Waals surface area contributed by atoms with E-state index in [-0.39, 0.29) is 12.1 Å². The molecule has 0 radical (unpaired) electrons. The summed E-state index contributed by atoms with van der Waals surface area (Å²) in [6.07, 6.45) is 8.50. The Kier molecular flexibility index (Phi) is 7.42. The number of aromatic nitrogens is 2. The summed E-state index contributed by atoms with van der Waals surface area (Å²) in [6, 6.07) is 14.6. The third-order valence-corrected chi connectivity index (χ3v) is 6.87. The van der Waals surface area contributed by atoms with Gasteiger partial charge in [0.1, 0.15) is 11.2 Å². The van der Waals surface area contributed by atoms with Crippen LogP contribution in [0.25, 0.3) is 21.9 Å². The van der Waals surface area contributed by atoms with Crippen LogP contribution in [-0.4, -0.2) is 39.7 Å².